The van der Waals surface area contributed by atoms with Crippen LogP contribution in [0, 0.1) is 18.7 Å². The van der Waals surface area contributed by atoms with Crippen LogP contribution in [0.1, 0.15) is 35.3 Å². The van der Waals surface area contributed by atoms with E-state index in [-0.39, 0.29) is 24.8 Å². The number of H-pyrrole nitrogens is 1. The molecule has 3 heterocycles. The summed E-state index contributed by atoms with van der Waals surface area (Å²) in [5.74, 6) is -0.343. The Labute approximate surface area is 224 Å². The highest BCUT2D eigenvalue weighted by molar-refractivity contribution is 6.09. The maximum Gasteiger partial charge on any atom is 0.255 e. The molecule has 11 nitrogen and oxygen atoms in total. The van der Waals surface area contributed by atoms with E-state index >= 15 is 0 Å². The van der Waals surface area contributed by atoms with Gasteiger partial charge in [-0.2, -0.15) is 0 Å². The lowest BCUT2D eigenvalue weighted by Crippen LogP contribution is -2.55. The number of aromatic nitrogens is 3. The number of aryl methyl sites for hydroxylation is 1. The second kappa shape index (κ2) is 11.1. The lowest BCUT2D eigenvalue weighted by atomic mass is 10.0. The van der Waals surface area contributed by atoms with Gasteiger partial charge in [-0.1, -0.05) is 0 Å². The molecule has 1 aliphatic carbocycles. The van der Waals surface area contributed by atoms with Crippen molar-refractivity contribution in [2.75, 3.05) is 40.5 Å². The number of aromatic amines is 1. The number of carbonyl (C=O) groups excluding carboxylic acids is 2. The third-order valence-electron chi connectivity index (χ3n) is 7.20. The average molecular weight is 542 g/mol. The number of piperidine rings is 1. The van der Waals surface area contributed by atoms with Gasteiger partial charge in [0, 0.05) is 37.5 Å². The Kier molecular flexibility index (Phi) is 7.67. The zero-order valence-corrected chi connectivity index (χ0v) is 22.1. The number of fused-ring (bicyclic) bond motifs is 1. The Morgan fingerprint density at radius 3 is 2.69 bits per heavy atom. The molecule has 2 atom stereocenters. The fourth-order valence-electron chi connectivity index (χ4n) is 4.87. The first-order valence-corrected chi connectivity index (χ1v) is 12.9. The number of hydrogen-bond donors (Lipinski definition) is 3. The molecule has 5 rings (SSSR count). The van der Waals surface area contributed by atoms with Gasteiger partial charge in [-0.15, -0.1) is 0 Å². The van der Waals surface area contributed by atoms with Gasteiger partial charge in [0.15, 0.2) is 11.6 Å². The first-order chi connectivity index (χ1) is 18.8. The van der Waals surface area contributed by atoms with E-state index < -0.39 is 23.9 Å². The van der Waals surface area contributed by atoms with Crippen LogP contribution in [0.2, 0.25) is 0 Å². The van der Waals surface area contributed by atoms with E-state index in [1.807, 2.05) is 0 Å². The fourth-order valence-corrected chi connectivity index (χ4v) is 4.87. The molecule has 0 unspecified atom stereocenters. The van der Waals surface area contributed by atoms with E-state index in [4.69, 9.17) is 14.2 Å². The lowest BCUT2D eigenvalue weighted by molar-refractivity contribution is -0.138. The molecule has 0 spiro atoms. The standard InChI is InChI=1S/C27H32FN5O6/c1-14-23(27(36)32-18-6-7-33(10-19(18)34)22(35)12-37-2)25-26(31-14)24(29-13-30-25)16-8-21(38-3)17(28)9-20(16)39-11-15-4-5-15/h8-9,13,15,18-19,31,34H,4-7,10-12H2,1-3H3,(H,32,36)/t18-,19-/m1/s1. The Bertz CT molecular complexity index is 1390. The van der Waals surface area contributed by atoms with Crippen LogP contribution in [0.15, 0.2) is 18.5 Å². The molecule has 1 aliphatic heterocycles. The highest BCUT2D eigenvalue weighted by Gasteiger charge is 2.33. The summed E-state index contributed by atoms with van der Waals surface area (Å²) < 4.78 is 30.7. The van der Waals surface area contributed by atoms with E-state index in [0.29, 0.717) is 64.8 Å². The highest BCUT2D eigenvalue weighted by Crippen LogP contribution is 2.39. The molecule has 3 N–H and O–H groups in total. The number of carbonyl (C=O) groups is 2. The molecule has 0 radical (unpaired) electrons. The van der Waals surface area contributed by atoms with Crippen LogP contribution in [0.5, 0.6) is 11.5 Å². The SMILES string of the molecule is COCC(=O)N1CC[C@@H](NC(=O)c2c(C)[nH]c3c(-c4cc(OC)c(F)cc4OCC4CC4)ncnc23)[C@H](O)C1. The van der Waals surface area contributed by atoms with Gasteiger partial charge < -0.3 is 34.5 Å². The monoisotopic (exact) mass is 541 g/mol. The zero-order chi connectivity index (χ0) is 27.7. The molecular weight excluding hydrogens is 509 g/mol. The Balaban J connectivity index is 1.43. The van der Waals surface area contributed by atoms with Gasteiger partial charge >= 0.3 is 0 Å². The van der Waals surface area contributed by atoms with Crippen molar-refractivity contribution in [3.63, 3.8) is 0 Å². The predicted molar refractivity (Wildman–Crippen MR) is 139 cm³/mol. The maximum absolute atomic E-state index is 14.6. The van der Waals surface area contributed by atoms with E-state index in [2.05, 4.69) is 20.3 Å². The Hall–Kier alpha value is -3.77. The molecule has 208 valence electrons. The van der Waals surface area contributed by atoms with Crippen LogP contribution in [-0.2, 0) is 9.53 Å². The second-order valence-corrected chi connectivity index (χ2v) is 10.0. The fraction of sp³-hybridized carbons (Fsp3) is 0.481. The summed E-state index contributed by atoms with van der Waals surface area (Å²) in [6, 6.07) is 2.28. The molecule has 2 aromatic heterocycles. The molecule has 3 aromatic rings. The number of likely N-dealkylation sites (tertiary alicyclic amines) is 1. The third kappa shape index (κ3) is 5.52. The van der Waals surface area contributed by atoms with Crippen LogP contribution in [-0.4, -0.2) is 89.4 Å². The topological polar surface area (TPSA) is 139 Å². The number of halogens is 1. The van der Waals surface area contributed by atoms with Gasteiger partial charge in [0.2, 0.25) is 5.91 Å². The van der Waals surface area contributed by atoms with Gasteiger partial charge in [0.25, 0.3) is 5.91 Å². The summed E-state index contributed by atoms with van der Waals surface area (Å²) in [5, 5.41) is 13.5. The molecule has 2 fully saturated rings. The Morgan fingerprint density at radius 1 is 1.21 bits per heavy atom. The number of β-amino-alcohol motifs (C(OH)–C–C–N with tert-alkyl or cyclic N) is 1. The first-order valence-electron chi connectivity index (χ1n) is 12.9. The van der Waals surface area contributed by atoms with Crippen LogP contribution < -0.4 is 14.8 Å². The second-order valence-electron chi connectivity index (χ2n) is 10.0. The zero-order valence-electron chi connectivity index (χ0n) is 22.1. The molecule has 2 amide bonds. The number of aliphatic hydroxyl groups excluding tert-OH is 1. The summed E-state index contributed by atoms with van der Waals surface area (Å²) >= 11 is 0. The quantitative estimate of drug-likeness (QED) is 0.375. The minimum atomic E-state index is -0.933. The van der Waals surface area contributed by atoms with Crippen LogP contribution in [0.3, 0.4) is 0 Å². The summed E-state index contributed by atoms with van der Waals surface area (Å²) in [4.78, 5) is 39.1. The number of rotatable bonds is 9. The molecular formula is C27H32FN5O6. The number of aliphatic hydroxyl groups is 1. The minimum Gasteiger partial charge on any atom is -0.494 e. The maximum atomic E-state index is 14.6. The largest absolute Gasteiger partial charge is 0.494 e. The van der Waals surface area contributed by atoms with Crippen molar-refractivity contribution in [3.05, 3.63) is 35.5 Å². The summed E-state index contributed by atoms with van der Waals surface area (Å²) in [6.45, 7) is 2.65. The van der Waals surface area contributed by atoms with Crippen molar-refractivity contribution in [2.24, 2.45) is 5.92 Å². The van der Waals surface area contributed by atoms with Gasteiger partial charge in [-0.05, 0) is 38.2 Å². The Morgan fingerprint density at radius 2 is 2.00 bits per heavy atom. The van der Waals surface area contributed by atoms with E-state index in [0.717, 1.165) is 12.8 Å². The van der Waals surface area contributed by atoms with Gasteiger partial charge in [-0.3, -0.25) is 9.59 Å². The number of nitrogens with one attached hydrogen (secondary N) is 2. The number of benzene rings is 1. The number of hydrogen-bond acceptors (Lipinski definition) is 8. The number of amides is 2. The predicted octanol–water partition coefficient (Wildman–Crippen LogP) is 2.21. The smallest absolute Gasteiger partial charge is 0.255 e. The van der Waals surface area contributed by atoms with Crippen LogP contribution in [0.25, 0.3) is 22.3 Å². The molecule has 39 heavy (non-hydrogen) atoms. The first kappa shape index (κ1) is 26.8. The highest BCUT2D eigenvalue weighted by atomic mass is 19.1. The average Bonchev–Trinajstić information content (AvgIpc) is 3.68. The van der Waals surface area contributed by atoms with E-state index in [1.165, 1.54) is 37.6 Å². The lowest BCUT2D eigenvalue weighted by Gasteiger charge is -2.36. The third-order valence-corrected chi connectivity index (χ3v) is 7.20. The number of nitrogens with zero attached hydrogens (tertiary/aromatic N) is 3. The molecule has 1 saturated carbocycles. The van der Waals surface area contributed by atoms with E-state index in [1.54, 1.807) is 6.92 Å². The summed E-state index contributed by atoms with van der Waals surface area (Å²) in [5.41, 5.74) is 2.70. The molecule has 2 aliphatic rings. The van der Waals surface area contributed by atoms with Crippen LogP contribution in [0.4, 0.5) is 4.39 Å². The van der Waals surface area contributed by atoms with Crippen molar-refractivity contribution < 1.29 is 33.3 Å². The number of methoxy groups -OCH3 is 2. The van der Waals surface area contributed by atoms with Crippen molar-refractivity contribution in [2.45, 2.75) is 38.3 Å². The normalized spacial score (nSPS) is 19.3. The van der Waals surface area contributed by atoms with Crippen molar-refractivity contribution in [1.82, 2.24) is 25.2 Å². The molecule has 0 bridgehead atoms. The number of ether oxygens (including phenoxy) is 3. The van der Waals surface area contributed by atoms with Crippen molar-refractivity contribution >= 4 is 22.8 Å². The van der Waals surface area contributed by atoms with Crippen molar-refractivity contribution in [1.29, 1.82) is 0 Å². The van der Waals surface area contributed by atoms with Gasteiger partial charge in [-0.25, -0.2) is 14.4 Å². The molecule has 12 heteroatoms. The van der Waals surface area contributed by atoms with E-state index in [9.17, 15) is 19.1 Å². The van der Waals surface area contributed by atoms with Crippen molar-refractivity contribution in [3.8, 4) is 22.8 Å². The van der Waals surface area contributed by atoms with Gasteiger partial charge in [0.05, 0.1) is 36.9 Å². The molecule has 1 aromatic carbocycles. The van der Waals surface area contributed by atoms with Gasteiger partial charge in [0.1, 0.15) is 29.9 Å². The summed E-state index contributed by atoms with van der Waals surface area (Å²) in [6.07, 6.45) is 2.96. The summed E-state index contributed by atoms with van der Waals surface area (Å²) in [7, 11) is 2.82. The van der Waals surface area contributed by atoms with Crippen LogP contribution >= 0.6 is 0 Å². The molecule has 1 saturated heterocycles. The minimum absolute atomic E-state index is 0.0427.